The molecule has 0 aliphatic heterocycles. The highest BCUT2D eigenvalue weighted by Gasteiger charge is 2.26. The van der Waals surface area contributed by atoms with Gasteiger partial charge in [0.2, 0.25) is 0 Å². The number of aryl methyl sites for hydroxylation is 1. The van der Waals surface area contributed by atoms with Gasteiger partial charge in [-0.15, -0.1) is 0 Å². The number of aromatic nitrogens is 2. The third kappa shape index (κ3) is 2.35. The van der Waals surface area contributed by atoms with E-state index in [1.54, 1.807) is 0 Å². The zero-order valence-corrected chi connectivity index (χ0v) is 8.94. The van der Waals surface area contributed by atoms with Crippen LogP contribution in [0.3, 0.4) is 0 Å². The Hall–Kier alpha value is -0.940. The van der Waals surface area contributed by atoms with Crippen LogP contribution in [0.5, 0.6) is 0 Å². The van der Waals surface area contributed by atoms with Gasteiger partial charge >= 0.3 is 0 Å². The minimum atomic E-state index is 0.272. The summed E-state index contributed by atoms with van der Waals surface area (Å²) in [6.07, 6.45) is 3.44. The van der Waals surface area contributed by atoms with Gasteiger partial charge in [0.05, 0.1) is 0 Å². The number of aliphatic hydroxyl groups excluding tert-OH is 1. The van der Waals surface area contributed by atoms with Crippen LogP contribution in [-0.2, 0) is 6.54 Å². The maximum Gasteiger partial charge on any atom is 0.121 e. The number of rotatable bonds is 4. The maximum atomic E-state index is 9.16. The minimum Gasteiger partial charge on any atom is -0.396 e. The molecular weight excluding hydrogens is 194 g/mol. The first-order chi connectivity index (χ1) is 7.31. The van der Waals surface area contributed by atoms with E-state index in [-0.39, 0.29) is 6.61 Å². The first-order valence-electron chi connectivity index (χ1n) is 5.43. The fourth-order valence-electron chi connectivity index (χ4n) is 2.16. The van der Waals surface area contributed by atoms with Crippen LogP contribution >= 0.6 is 0 Å². The molecule has 1 aliphatic rings. The van der Waals surface area contributed by atoms with Crippen molar-refractivity contribution in [1.82, 2.24) is 15.6 Å². The molecule has 1 aromatic rings. The van der Waals surface area contributed by atoms with Crippen LogP contribution in [0.4, 0.5) is 0 Å². The highest BCUT2D eigenvalue weighted by Crippen LogP contribution is 2.25. The Morgan fingerprint density at radius 3 is 3.00 bits per heavy atom. The molecule has 15 heavy (non-hydrogen) atoms. The Morgan fingerprint density at radius 1 is 1.47 bits per heavy atom. The summed E-state index contributed by atoms with van der Waals surface area (Å²) in [4.78, 5) is 0. The lowest BCUT2D eigenvalue weighted by Crippen LogP contribution is -2.33. The topological polar surface area (TPSA) is 71.2 Å². The van der Waals surface area contributed by atoms with Gasteiger partial charge in [-0.25, -0.2) is 4.63 Å². The number of hydrogen-bond donors (Lipinski definition) is 2. The molecule has 1 heterocycles. The van der Waals surface area contributed by atoms with Gasteiger partial charge in [-0.1, -0.05) is 16.7 Å². The molecule has 0 bridgehead atoms. The van der Waals surface area contributed by atoms with Crippen molar-refractivity contribution in [3.05, 3.63) is 11.4 Å². The molecule has 0 saturated heterocycles. The summed E-state index contributed by atoms with van der Waals surface area (Å²) in [5, 5.41) is 20.1. The van der Waals surface area contributed by atoms with Crippen molar-refractivity contribution < 1.29 is 9.74 Å². The molecule has 84 valence electrons. The van der Waals surface area contributed by atoms with E-state index in [2.05, 4.69) is 20.3 Å². The second-order valence-corrected chi connectivity index (χ2v) is 4.16. The van der Waals surface area contributed by atoms with Gasteiger partial charge in [-0.2, -0.15) is 0 Å². The van der Waals surface area contributed by atoms with Crippen LogP contribution in [-0.4, -0.2) is 28.1 Å². The number of nitrogens with one attached hydrogen (secondary N) is 1. The minimum absolute atomic E-state index is 0.272. The molecule has 1 saturated carbocycles. The predicted octanol–water partition coefficient (Wildman–Crippen LogP) is 0.629. The second kappa shape index (κ2) is 4.72. The summed E-state index contributed by atoms with van der Waals surface area (Å²) in [5.41, 5.74) is 1.69. The van der Waals surface area contributed by atoms with Crippen molar-refractivity contribution in [1.29, 1.82) is 0 Å². The number of nitrogens with zero attached hydrogens (tertiary/aromatic N) is 2. The third-order valence-electron chi connectivity index (χ3n) is 3.17. The lowest BCUT2D eigenvalue weighted by molar-refractivity contribution is 0.204. The second-order valence-electron chi connectivity index (χ2n) is 4.16. The van der Waals surface area contributed by atoms with E-state index < -0.39 is 0 Å². The maximum absolute atomic E-state index is 9.16. The number of aliphatic hydroxyl groups is 1. The molecule has 0 spiro atoms. The molecular formula is C10H17N3O2. The molecule has 1 aliphatic carbocycles. The molecule has 5 nitrogen and oxygen atoms in total. The summed E-state index contributed by atoms with van der Waals surface area (Å²) in [7, 11) is 0. The zero-order valence-electron chi connectivity index (χ0n) is 8.94. The molecule has 0 aromatic carbocycles. The van der Waals surface area contributed by atoms with Crippen LogP contribution in [0.2, 0.25) is 0 Å². The molecule has 5 heteroatoms. The third-order valence-corrected chi connectivity index (χ3v) is 3.17. The van der Waals surface area contributed by atoms with Crippen LogP contribution < -0.4 is 5.32 Å². The Kier molecular flexibility index (Phi) is 3.33. The average molecular weight is 211 g/mol. The molecule has 1 fully saturated rings. The highest BCUT2D eigenvalue weighted by molar-refractivity contribution is 5.04. The van der Waals surface area contributed by atoms with Crippen LogP contribution in [0.1, 0.15) is 30.7 Å². The fraction of sp³-hybridized carbons (Fsp3) is 0.800. The van der Waals surface area contributed by atoms with Crippen molar-refractivity contribution in [3.8, 4) is 0 Å². The normalized spacial score (nSPS) is 26.0. The van der Waals surface area contributed by atoms with E-state index in [4.69, 9.17) is 5.11 Å². The average Bonchev–Trinajstić information content (AvgIpc) is 2.83. The van der Waals surface area contributed by atoms with Crippen molar-refractivity contribution in [3.63, 3.8) is 0 Å². The van der Waals surface area contributed by atoms with Gasteiger partial charge in [0.15, 0.2) is 0 Å². The predicted molar refractivity (Wildman–Crippen MR) is 54.1 cm³/mol. The van der Waals surface area contributed by atoms with Gasteiger partial charge in [0.1, 0.15) is 11.4 Å². The Bertz CT molecular complexity index is 313. The van der Waals surface area contributed by atoms with Gasteiger partial charge < -0.3 is 10.4 Å². The highest BCUT2D eigenvalue weighted by atomic mass is 16.6. The van der Waals surface area contributed by atoms with E-state index in [1.807, 2.05) is 6.92 Å². The molecule has 2 atom stereocenters. The van der Waals surface area contributed by atoms with E-state index in [9.17, 15) is 0 Å². The van der Waals surface area contributed by atoms with Gasteiger partial charge in [-0.05, 0) is 25.7 Å². The van der Waals surface area contributed by atoms with E-state index in [1.165, 1.54) is 6.42 Å². The van der Waals surface area contributed by atoms with Gasteiger partial charge in [-0.3, -0.25) is 0 Å². The van der Waals surface area contributed by atoms with Crippen molar-refractivity contribution in [2.75, 3.05) is 6.61 Å². The molecule has 0 radical (unpaired) electrons. The quantitative estimate of drug-likeness (QED) is 0.764. The summed E-state index contributed by atoms with van der Waals surface area (Å²) in [5.74, 6) is 0.394. The lowest BCUT2D eigenvalue weighted by Gasteiger charge is -2.18. The summed E-state index contributed by atoms with van der Waals surface area (Å²) in [6.45, 7) is 2.83. The monoisotopic (exact) mass is 211 g/mol. The van der Waals surface area contributed by atoms with Crippen LogP contribution in [0.15, 0.2) is 4.63 Å². The van der Waals surface area contributed by atoms with E-state index in [0.29, 0.717) is 18.5 Å². The van der Waals surface area contributed by atoms with Gasteiger partial charge in [0.25, 0.3) is 0 Å². The first kappa shape index (κ1) is 10.6. The molecule has 2 rings (SSSR count). The summed E-state index contributed by atoms with van der Waals surface area (Å²) < 4.78 is 4.62. The Labute approximate surface area is 88.8 Å². The van der Waals surface area contributed by atoms with Crippen LogP contribution in [0.25, 0.3) is 0 Å². The lowest BCUT2D eigenvalue weighted by atomic mass is 10.1. The summed E-state index contributed by atoms with van der Waals surface area (Å²) >= 11 is 0. The van der Waals surface area contributed by atoms with Crippen LogP contribution in [0, 0.1) is 12.8 Å². The Morgan fingerprint density at radius 2 is 2.33 bits per heavy atom. The van der Waals surface area contributed by atoms with Crippen molar-refractivity contribution >= 4 is 0 Å². The van der Waals surface area contributed by atoms with Crippen molar-refractivity contribution in [2.45, 2.75) is 38.8 Å². The van der Waals surface area contributed by atoms with Crippen molar-refractivity contribution in [2.24, 2.45) is 5.92 Å². The van der Waals surface area contributed by atoms with E-state index in [0.717, 1.165) is 24.2 Å². The summed E-state index contributed by atoms with van der Waals surface area (Å²) in [6, 6.07) is 0.408. The smallest absolute Gasteiger partial charge is 0.121 e. The molecule has 2 unspecified atom stereocenters. The standard InChI is InChI=1S/C10H17N3O2/c1-7-10(13-15-12-7)5-11-9-4-2-3-8(9)6-14/h8-9,11,14H,2-6H2,1H3. The molecule has 2 N–H and O–H groups in total. The largest absolute Gasteiger partial charge is 0.396 e. The fourth-order valence-corrected chi connectivity index (χ4v) is 2.16. The SMILES string of the molecule is Cc1nonc1CNC1CCCC1CO. The molecule has 1 aromatic heterocycles. The Balaban J connectivity index is 1.85. The first-order valence-corrected chi connectivity index (χ1v) is 5.43. The number of hydrogen-bond acceptors (Lipinski definition) is 5. The molecule has 0 amide bonds. The zero-order chi connectivity index (χ0) is 10.7. The van der Waals surface area contributed by atoms with Gasteiger partial charge in [0, 0.05) is 19.2 Å². The van der Waals surface area contributed by atoms with E-state index >= 15 is 0 Å².